The summed E-state index contributed by atoms with van der Waals surface area (Å²) in [4.78, 5) is 12.0. The molecule has 0 aromatic carbocycles. The van der Waals surface area contributed by atoms with Crippen LogP contribution in [-0.4, -0.2) is 45.2 Å². The minimum atomic E-state index is -3.24. The number of carbonyl (C=O) groups excluding carboxylic acids is 1. The summed E-state index contributed by atoms with van der Waals surface area (Å²) in [5, 5.41) is 0. The summed E-state index contributed by atoms with van der Waals surface area (Å²) in [5.41, 5.74) is 0. The molecule has 0 amide bonds. The highest BCUT2D eigenvalue weighted by molar-refractivity contribution is 7.54. The molecule has 2 aliphatic rings. The molecule has 0 spiro atoms. The third-order valence-corrected chi connectivity index (χ3v) is 5.75. The highest BCUT2D eigenvalue weighted by Gasteiger charge is 2.39. The first kappa shape index (κ1) is 16.1. The van der Waals surface area contributed by atoms with E-state index in [1.807, 2.05) is 0 Å². The first-order valence-corrected chi connectivity index (χ1v) is 8.79. The maximum atomic E-state index is 12.0. The number of hydrogen-bond donors (Lipinski definition) is 0. The quantitative estimate of drug-likeness (QED) is 0.672. The number of rotatable bonds is 7. The zero-order valence-electron chi connectivity index (χ0n) is 12.1. The summed E-state index contributed by atoms with van der Waals surface area (Å²) in [6.07, 6.45) is 4.30. The van der Waals surface area contributed by atoms with Crippen LogP contribution < -0.4 is 0 Å². The zero-order chi connectivity index (χ0) is 14.6. The van der Waals surface area contributed by atoms with Gasteiger partial charge in [-0.05, 0) is 32.1 Å². The van der Waals surface area contributed by atoms with E-state index in [1.165, 1.54) is 14.2 Å². The molecule has 2 rings (SSSR count). The number of ether oxygens (including phenoxy) is 2. The second-order valence-electron chi connectivity index (χ2n) is 5.32. The Labute approximate surface area is 119 Å². The van der Waals surface area contributed by atoms with Crippen molar-refractivity contribution in [3.05, 3.63) is 0 Å². The lowest BCUT2D eigenvalue weighted by Gasteiger charge is -2.37. The summed E-state index contributed by atoms with van der Waals surface area (Å²) >= 11 is 0. The topological polar surface area (TPSA) is 71.1 Å². The van der Waals surface area contributed by atoms with Crippen molar-refractivity contribution in [2.24, 2.45) is 5.92 Å². The third-order valence-electron chi connectivity index (χ3n) is 3.94. The van der Waals surface area contributed by atoms with E-state index in [4.69, 9.17) is 18.5 Å². The largest absolute Gasteiger partial charge is 0.353 e. The van der Waals surface area contributed by atoms with Crippen molar-refractivity contribution in [1.29, 1.82) is 0 Å². The minimum absolute atomic E-state index is 0.0681. The van der Waals surface area contributed by atoms with Crippen LogP contribution in [0.15, 0.2) is 0 Å². The Morgan fingerprint density at radius 1 is 1.25 bits per heavy atom. The van der Waals surface area contributed by atoms with Crippen molar-refractivity contribution in [1.82, 2.24) is 0 Å². The van der Waals surface area contributed by atoms with Gasteiger partial charge in [0.1, 0.15) is 11.9 Å². The van der Waals surface area contributed by atoms with E-state index < -0.39 is 7.60 Å². The van der Waals surface area contributed by atoms with Gasteiger partial charge in [0.15, 0.2) is 6.29 Å². The van der Waals surface area contributed by atoms with Gasteiger partial charge in [-0.25, -0.2) is 0 Å². The maximum Gasteiger partial charge on any atom is 0.337 e. The highest BCUT2D eigenvalue weighted by atomic mass is 31.2. The maximum absolute atomic E-state index is 12.0. The molecule has 0 bridgehead atoms. The average molecular weight is 306 g/mol. The Morgan fingerprint density at radius 3 is 2.50 bits per heavy atom. The van der Waals surface area contributed by atoms with E-state index in [-0.39, 0.29) is 30.3 Å². The van der Waals surface area contributed by atoms with Gasteiger partial charge in [-0.15, -0.1) is 0 Å². The monoisotopic (exact) mass is 306 g/mol. The van der Waals surface area contributed by atoms with Crippen LogP contribution in [0.1, 0.15) is 32.1 Å². The molecule has 0 aromatic rings. The normalized spacial score (nSPS) is 30.8. The predicted molar refractivity (Wildman–Crippen MR) is 72.7 cm³/mol. The second kappa shape index (κ2) is 7.14. The fourth-order valence-electron chi connectivity index (χ4n) is 2.50. The molecule has 1 saturated heterocycles. The van der Waals surface area contributed by atoms with Crippen LogP contribution >= 0.6 is 7.60 Å². The van der Waals surface area contributed by atoms with E-state index in [1.54, 1.807) is 0 Å². The average Bonchev–Trinajstić information content (AvgIpc) is 2.43. The van der Waals surface area contributed by atoms with Crippen molar-refractivity contribution in [2.75, 3.05) is 27.0 Å². The van der Waals surface area contributed by atoms with Crippen molar-refractivity contribution >= 4 is 13.4 Å². The first-order valence-electron chi connectivity index (χ1n) is 7.06. The molecule has 0 radical (unpaired) electrons. The van der Waals surface area contributed by atoms with Gasteiger partial charge < -0.3 is 18.5 Å². The second-order valence-corrected chi connectivity index (χ2v) is 7.59. The van der Waals surface area contributed by atoms with Gasteiger partial charge >= 0.3 is 7.60 Å². The van der Waals surface area contributed by atoms with E-state index in [9.17, 15) is 9.36 Å². The lowest BCUT2D eigenvalue weighted by atomic mass is 9.80. The summed E-state index contributed by atoms with van der Waals surface area (Å²) < 4.78 is 32.7. The van der Waals surface area contributed by atoms with Crippen molar-refractivity contribution < 1.29 is 27.9 Å². The molecule has 1 atom stereocenters. The lowest BCUT2D eigenvalue weighted by molar-refractivity contribution is -0.209. The van der Waals surface area contributed by atoms with E-state index >= 15 is 0 Å². The minimum Gasteiger partial charge on any atom is -0.353 e. The van der Waals surface area contributed by atoms with Gasteiger partial charge in [-0.1, -0.05) is 0 Å². The molecule has 6 nitrogen and oxygen atoms in total. The molecular weight excluding hydrogens is 283 g/mol. The third kappa shape index (κ3) is 4.12. The molecule has 0 aromatic heterocycles. The summed E-state index contributed by atoms with van der Waals surface area (Å²) in [6.45, 7) is 0.755. The summed E-state index contributed by atoms with van der Waals surface area (Å²) in [5.74, 6) is -0.163. The fraction of sp³-hybridized carbons (Fsp3) is 0.923. The Morgan fingerprint density at radius 2 is 1.95 bits per heavy atom. The van der Waals surface area contributed by atoms with Crippen LogP contribution in [0.4, 0.5) is 0 Å². The van der Waals surface area contributed by atoms with Crippen molar-refractivity contribution in [3.63, 3.8) is 0 Å². The predicted octanol–water partition coefficient (Wildman–Crippen LogP) is 2.36. The molecule has 1 heterocycles. The van der Waals surface area contributed by atoms with Crippen LogP contribution in [0.2, 0.25) is 0 Å². The van der Waals surface area contributed by atoms with Crippen LogP contribution in [0, 0.1) is 5.92 Å². The molecule has 2 fully saturated rings. The van der Waals surface area contributed by atoms with Crippen LogP contribution in [0.25, 0.3) is 0 Å². The van der Waals surface area contributed by atoms with E-state index in [0.717, 1.165) is 25.9 Å². The summed E-state index contributed by atoms with van der Waals surface area (Å²) in [6, 6.07) is 0. The van der Waals surface area contributed by atoms with Crippen LogP contribution in [-0.2, 0) is 27.9 Å². The number of hydrogen-bond acceptors (Lipinski definition) is 6. The van der Waals surface area contributed by atoms with Crippen LogP contribution in [0.5, 0.6) is 0 Å². The van der Waals surface area contributed by atoms with Gasteiger partial charge in [-0.2, -0.15) is 0 Å². The standard InChI is InChI=1S/C13H23O6P/c1-16-20(15,17-2)9-12(14)10-7-11(8-10)19-13-5-3-4-6-18-13/h10-11,13H,3-9H2,1-2H3. The molecular formula is C13H23O6P. The van der Waals surface area contributed by atoms with Crippen molar-refractivity contribution in [3.8, 4) is 0 Å². The molecule has 1 saturated carbocycles. The SMILES string of the molecule is COP(=O)(CC(=O)C1CC(OC2CCCCO2)C1)OC. The molecule has 7 heteroatoms. The first-order chi connectivity index (χ1) is 9.56. The number of carbonyl (C=O) groups is 1. The smallest absolute Gasteiger partial charge is 0.337 e. The molecule has 116 valence electrons. The molecule has 1 aliphatic heterocycles. The van der Waals surface area contributed by atoms with Gasteiger partial charge in [0.05, 0.1) is 6.10 Å². The Balaban J connectivity index is 1.70. The Kier molecular flexibility index (Phi) is 5.75. The van der Waals surface area contributed by atoms with Crippen molar-refractivity contribution in [2.45, 2.75) is 44.5 Å². The lowest BCUT2D eigenvalue weighted by Crippen LogP contribution is -2.40. The van der Waals surface area contributed by atoms with Gasteiger partial charge in [-0.3, -0.25) is 9.36 Å². The zero-order valence-corrected chi connectivity index (χ0v) is 13.0. The van der Waals surface area contributed by atoms with Gasteiger partial charge in [0.2, 0.25) is 0 Å². The van der Waals surface area contributed by atoms with E-state index in [2.05, 4.69) is 0 Å². The van der Waals surface area contributed by atoms with Gasteiger partial charge in [0.25, 0.3) is 0 Å². The molecule has 1 unspecified atom stereocenters. The Hall–Kier alpha value is -0.260. The number of Topliss-reactive ketones (excluding diaryl/α,β-unsaturated/α-hetero) is 1. The Bertz CT molecular complexity index is 365. The molecule has 1 aliphatic carbocycles. The van der Waals surface area contributed by atoms with Crippen LogP contribution in [0.3, 0.4) is 0 Å². The number of ketones is 1. The van der Waals surface area contributed by atoms with Gasteiger partial charge in [0, 0.05) is 26.7 Å². The molecule has 20 heavy (non-hydrogen) atoms. The van der Waals surface area contributed by atoms with E-state index in [0.29, 0.717) is 12.8 Å². The molecule has 0 N–H and O–H groups in total. The summed E-state index contributed by atoms with van der Waals surface area (Å²) in [7, 11) is -0.647. The fourth-order valence-corrected chi connectivity index (χ4v) is 3.54. The highest BCUT2D eigenvalue weighted by Crippen LogP contribution is 2.48.